The molecule has 0 aromatic carbocycles. The molecule has 2 rings (SSSR count). The minimum atomic E-state index is -0.501. The van der Waals surface area contributed by atoms with Crippen LogP contribution >= 0.6 is 0 Å². The highest BCUT2D eigenvalue weighted by atomic mass is 16.6. The van der Waals surface area contributed by atoms with Gasteiger partial charge >= 0.3 is 5.69 Å². The van der Waals surface area contributed by atoms with Gasteiger partial charge in [-0.05, 0) is 14.1 Å². The molecule has 0 unspecified atom stereocenters. The Morgan fingerprint density at radius 1 is 1.30 bits per heavy atom. The van der Waals surface area contributed by atoms with Gasteiger partial charge in [-0.15, -0.1) is 0 Å². The zero-order valence-corrected chi connectivity index (χ0v) is 15.5. The van der Waals surface area contributed by atoms with E-state index in [2.05, 4.69) is 20.3 Å². The Morgan fingerprint density at radius 3 is 2.48 bits per heavy atom. The minimum Gasteiger partial charge on any atom is -0.479 e. The molecule has 0 amide bonds. The highest BCUT2D eigenvalue weighted by molar-refractivity contribution is 5.71. The van der Waals surface area contributed by atoms with Crippen LogP contribution in [0.2, 0.25) is 0 Å². The number of likely N-dealkylation sites (N-methyl/N-ethyl adjacent to an activating group) is 2. The third-order valence-corrected chi connectivity index (χ3v) is 3.61. The average Bonchev–Trinajstić information content (AvgIpc) is 2.66. The van der Waals surface area contributed by atoms with Crippen LogP contribution in [-0.2, 0) is 0 Å². The number of hydrogen-bond donors (Lipinski definition) is 1. The van der Waals surface area contributed by atoms with E-state index >= 15 is 0 Å². The summed E-state index contributed by atoms with van der Waals surface area (Å²) in [7, 11) is 6.99. The molecule has 2 aromatic rings. The number of methoxy groups -OCH3 is 1. The summed E-state index contributed by atoms with van der Waals surface area (Å²) in [6.45, 7) is 1.26. The monoisotopic (exact) mass is 372 g/mol. The maximum absolute atomic E-state index is 11.5. The summed E-state index contributed by atoms with van der Waals surface area (Å²) in [5.41, 5.74) is 0.376. The lowest BCUT2D eigenvalue weighted by molar-refractivity contribution is -0.384. The average molecular weight is 372 g/mol. The number of nitro groups is 1. The molecule has 2 aromatic heterocycles. The Morgan fingerprint density at radius 2 is 1.96 bits per heavy atom. The second kappa shape index (κ2) is 8.72. The molecule has 0 aliphatic rings. The number of nitrogens with one attached hydrogen (secondary N) is 1. The first-order valence-corrected chi connectivity index (χ1v) is 7.94. The lowest BCUT2D eigenvalue weighted by atomic mass is 10.3. The van der Waals surface area contributed by atoms with Crippen molar-refractivity contribution >= 4 is 23.1 Å². The normalized spacial score (nSPS) is 10.4. The lowest BCUT2D eigenvalue weighted by Gasteiger charge is -2.21. The van der Waals surface area contributed by atoms with E-state index in [1.54, 1.807) is 11.9 Å². The Hall–Kier alpha value is -3.52. The van der Waals surface area contributed by atoms with Crippen molar-refractivity contribution in [1.82, 2.24) is 19.9 Å². The fraction of sp³-hybridized carbons (Fsp3) is 0.375. The van der Waals surface area contributed by atoms with Crippen LogP contribution in [0.3, 0.4) is 0 Å². The fourth-order valence-corrected chi connectivity index (χ4v) is 2.16. The van der Waals surface area contributed by atoms with Crippen LogP contribution in [0.15, 0.2) is 18.5 Å². The number of aromatic nitrogens is 3. The van der Waals surface area contributed by atoms with Crippen molar-refractivity contribution in [3.8, 4) is 11.9 Å². The van der Waals surface area contributed by atoms with Crippen LogP contribution < -0.4 is 15.0 Å². The standard InChI is InChI=1S/C16H20N8O3/c1-22(2)5-6-23(3)14-13(24(25)26)7-12(15(21-14)27-4)20-16-18-9-11(8-17)10-19-16/h7,9-10H,5-6H2,1-4H3,(H,18,19,20). The van der Waals surface area contributed by atoms with Crippen LogP contribution in [0, 0.1) is 21.4 Å². The predicted molar refractivity (Wildman–Crippen MR) is 99.3 cm³/mol. The summed E-state index contributed by atoms with van der Waals surface area (Å²) >= 11 is 0. The van der Waals surface area contributed by atoms with E-state index in [4.69, 9.17) is 10.00 Å². The van der Waals surface area contributed by atoms with E-state index in [0.717, 1.165) is 0 Å². The van der Waals surface area contributed by atoms with Crippen LogP contribution in [-0.4, -0.2) is 66.1 Å². The van der Waals surface area contributed by atoms with Crippen molar-refractivity contribution in [1.29, 1.82) is 5.26 Å². The van der Waals surface area contributed by atoms with Gasteiger partial charge in [0.15, 0.2) is 0 Å². The number of pyridine rings is 1. The van der Waals surface area contributed by atoms with Crippen molar-refractivity contribution in [3.63, 3.8) is 0 Å². The first-order valence-electron chi connectivity index (χ1n) is 7.94. The number of nitrogens with zero attached hydrogens (tertiary/aromatic N) is 7. The molecular formula is C16H20N8O3. The molecule has 0 atom stereocenters. The van der Waals surface area contributed by atoms with Gasteiger partial charge < -0.3 is 19.9 Å². The van der Waals surface area contributed by atoms with Gasteiger partial charge in [0.05, 0.1) is 30.0 Å². The van der Waals surface area contributed by atoms with Crippen molar-refractivity contribution < 1.29 is 9.66 Å². The first kappa shape index (κ1) is 19.8. The fourth-order valence-electron chi connectivity index (χ4n) is 2.16. The molecule has 0 spiro atoms. The van der Waals surface area contributed by atoms with Gasteiger partial charge in [-0.1, -0.05) is 0 Å². The smallest absolute Gasteiger partial charge is 0.313 e. The molecule has 0 saturated heterocycles. The molecule has 11 heteroatoms. The SMILES string of the molecule is COc1nc(N(C)CCN(C)C)c([N+](=O)[O-])cc1Nc1ncc(C#N)cn1. The van der Waals surface area contributed by atoms with E-state index in [1.165, 1.54) is 25.6 Å². The number of hydrogen-bond acceptors (Lipinski definition) is 10. The molecule has 0 bridgehead atoms. The number of rotatable bonds is 8. The predicted octanol–water partition coefficient (Wildman–Crippen LogP) is 1.40. The molecule has 2 heterocycles. The zero-order valence-electron chi connectivity index (χ0n) is 15.5. The molecule has 142 valence electrons. The van der Waals surface area contributed by atoms with Crippen molar-refractivity contribution in [2.75, 3.05) is 51.6 Å². The van der Waals surface area contributed by atoms with Gasteiger partial charge in [0.1, 0.15) is 11.8 Å². The summed E-state index contributed by atoms with van der Waals surface area (Å²) in [4.78, 5) is 27.0. The van der Waals surface area contributed by atoms with Gasteiger partial charge in [0.25, 0.3) is 0 Å². The summed E-state index contributed by atoms with van der Waals surface area (Å²) in [5.74, 6) is 0.530. The van der Waals surface area contributed by atoms with E-state index in [-0.39, 0.29) is 29.0 Å². The Bertz CT molecular complexity index is 848. The van der Waals surface area contributed by atoms with Crippen LogP contribution in [0.4, 0.5) is 23.1 Å². The van der Waals surface area contributed by atoms with Crippen LogP contribution in [0.25, 0.3) is 0 Å². The molecule has 11 nitrogen and oxygen atoms in total. The molecule has 0 fully saturated rings. The Labute approximate surface area is 156 Å². The van der Waals surface area contributed by atoms with Crippen molar-refractivity contribution in [3.05, 3.63) is 34.1 Å². The van der Waals surface area contributed by atoms with Crippen LogP contribution in [0.5, 0.6) is 5.88 Å². The third-order valence-electron chi connectivity index (χ3n) is 3.61. The molecule has 0 radical (unpaired) electrons. The van der Waals surface area contributed by atoms with Gasteiger partial charge in [0.2, 0.25) is 17.6 Å². The van der Waals surface area contributed by atoms with E-state index in [9.17, 15) is 10.1 Å². The van der Waals surface area contributed by atoms with Gasteiger partial charge in [0, 0.05) is 26.2 Å². The third kappa shape index (κ3) is 4.99. The highest BCUT2D eigenvalue weighted by Gasteiger charge is 2.24. The number of nitriles is 1. The Balaban J connectivity index is 2.39. The molecular weight excluding hydrogens is 352 g/mol. The van der Waals surface area contributed by atoms with Crippen molar-refractivity contribution in [2.24, 2.45) is 0 Å². The van der Waals surface area contributed by atoms with Gasteiger partial charge in [-0.2, -0.15) is 10.2 Å². The molecule has 1 N–H and O–H groups in total. The number of ether oxygens (including phenoxy) is 1. The molecule has 0 aliphatic heterocycles. The van der Waals surface area contributed by atoms with E-state index < -0.39 is 4.92 Å². The van der Waals surface area contributed by atoms with Gasteiger partial charge in [-0.25, -0.2) is 9.97 Å². The van der Waals surface area contributed by atoms with E-state index in [0.29, 0.717) is 18.7 Å². The minimum absolute atomic E-state index is 0.164. The topological polar surface area (TPSA) is 133 Å². The summed E-state index contributed by atoms with van der Waals surface area (Å²) in [6, 6.07) is 3.24. The first-order chi connectivity index (χ1) is 12.8. The second-order valence-electron chi connectivity index (χ2n) is 5.90. The molecule has 0 saturated carbocycles. The maximum Gasteiger partial charge on any atom is 0.313 e. The van der Waals surface area contributed by atoms with Gasteiger partial charge in [-0.3, -0.25) is 10.1 Å². The molecule has 0 aliphatic carbocycles. The summed E-state index contributed by atoms with van der Waals surface area (Å²) < 4.78 is 5.27. The number of anilines is 3. The maximum atomic E-state index is 11.5. The Kier molecular flexibility index (Phi) is 6.40. The zero-order chi connectivity index (χ0) is 20.0. The van der Waals surface area contributed by atoms with E-state index in [1.807, 2.05) is 25.1 Å². The summed E-state index contributed by atoms with van der Waals surface area (Å²) in [6.07, 6.45) is 2.68. The van der Waals surface area contributed by atoms with Crippen molar-refractivity contribution in [2.45, 2.75) is 0 Å². The van der Waals surface area contributed by atoms with Crippen LogP contribution in [0.1, 0.15) is 5.56 Å². The quantitative estimate of drug-likeness (QED) is 0.535. The lowest BCUT2D eigenvalue weighted by Crippen LogP contribution is -2.29. The second-order valence-corrected chi connectivity index (χ2v) is 5.90. The summed E-state index contributed by atoms with van der Waals surface area (Å²) in [5, 5.41) is 23.2. The largest absolute Gasteiger partial charge is 0.479 e. The molecule has 27 heavy (non-hydrogen) atoms. The highest BCUT2D eigenvalue weighted by Crippen LogP contribution is 2.35.